The Balaban J connectivity index is 2.89. The van der Waals surface area contributed by atoms with Crippen molar-refractivity contribution in [3.05, 3.63) is 41.5 Å². The third-order valence-electron chi connectivity index (χ3n) is 7.98. The average Bonchev–Trinajstić information content (AvgIpc) is 3.00. The number of nitrogens with one attached hydrogen (secondary N) is 2. The van der Waals surface area contributed by atoms with Gasteiger partial charge in [0.25, 0.3) is 0 Å². The summed E-state index contributed by atoms with van der Waals surface area (Å²) in [6.45, 7) is 18.4. The molecule has 0 aliphatic carbocycles. The second-order valence-electron chi connectivity index (χ2n) is 13.5. The quantitative estimate of drug-likeness (QED) is 0.0815. The molecule has 0 heterocycles. The molecule has 12 heteroatoms. The van der Waals surface area contributed by atoms with E-state index in [9.17, 15) is 19.5 Å². The number of thiol groups is 1. The van der Waals surface area contributed by atoms with Crippen LogP contribution in [-0.4, -0.2) is 112 Å². The number of hydrogen-bond donors (Lipinski definition) is 4. The third-order valence-corrected chi connectivity index (χ3v) is 8.17. The largest absolute Gasteiger partial charge is 0.491 e. The second-order valence-corrected chi connectivity index (χ2v) is 14.0. The lowest BCUT2D eigenvalue weighted by atomic mass is 9.76. The van der Waals surface area contributed by atoms with E-state index in [2.05, 4.69) is 23.3 Å². The predicted molar refractivity (Wildman–Crippen MR) is 188 cm³/mol. The zero-order valence-electron chi connectivity index (χ0n) is 30.1. The number of carboxylic acid groups (broad SMARTS) is 1. The number of likely N-dealkylation sites (N-methyl/N-ethyl adjacent to an activating group) is 2. The normalized spacial score (nSPS) is 14.4. The fourth-order valence-corrected chi connectivity index (χ4v) is 5.22. The lowest BCUT2D eigenvalue weighted by molar-refractivity contribution is -0.141. The van der Waals surface area contributed by atoms with Crippen molar-refractivity contribution in [1.82, 2.24) is 15.5 Å². The summed E-state index contributed by atoms with van der Waals surface area (Å²) in [5.41, 5.74) is -0.203. The van der Waals surface area contributed by atoms with E-state index in [-0.39, 0.29) is 23.3 Å². The molecule has 0 saturated carbocycles. The summed E-state index contributed by atoms with van der Waals surface area (Å²) >= 11 is 4.08. The van der Waals surface area contributed by atoms with E-state index in [1.165, 1.54) is 11.8 Å². The number of carboxylic acids is 1. The van der Waals surface area contributed by atoms with E-state index in [4.69, 9.17) is 18.9 Å². The van der Waals surface area contributed by atoms with Crippen molar-refractivity contribution in [2.45, 2.75) is 78.9 Å². The molecule has 2 amide bonds. The van der Waals surface area contributed by atoms with Gasteiger partial charge in [0.1, 0.15) is 18.4 Å². The molecule has 0 radical (unpaired) electrons. The number of benzene rings is 1. The fourth-order valence-electron chi connectivity index (χ4n) is 5.10. The van der Waals surface area contributed by atoms with E-state index < -0.39 is 34.9 Å². The number of hydrogen-bond acceptors (Lipinski definition) is 9. The molecule has 1 aromatic carbocycles. The highest BCUT2D eigenvalue weighted by Crippen LogP contribution is 2.30. The molecule has 47 heavy (non-hydrogen) atoms. The van der Waals surface area contributed by atoms with Gasteiger partial charge in [-0.2, -0.15) is 12.6 Å². The van der Waals surface area contributed by atoms with Gasteiger partial charge < -0.3 is 39.6 Å². The number of aliphatic carboxylic acids is 1. The third kappa shape index (κ3) is 14.2. The first-order valence-electron chi connectivity index (χ1n) is 16.2. The molecule has 0 aliphatic heterocycles. The Hall–Kier alpha value is -2.64. The molecule has 0 fully saturated rings. The molecule has 3 atom stereocenters. The Labute approximate surface area is 287 Å². The lowest BCUT2D eigenvalue weighted by Gasteiger charge is -2.40. The zero-order valence-corrected chi connectivity index (χ0v) is 30.9. The number of nitrogens with zero attached hydrogens (tertiary/aromatic N) is 1. The van der Waals surface area contributed by atoms with Crippen molar-refractivity contribution in [2.24, 2.45) is 11.3 Å². The van der Waals surface area contributed by atoms with Gasteiger partial charge in [-0.1, -0.05) is 66.7 Å². The first-order chi connectivity index (χ1) is 22.0. The van der Waals surface area contributed by atoms with Gasteiger partial charge in [0.15, 0.2) is 0 Å². The van der Waals surface area contributed by atoms with Gasteiger partial charge >= 0.3 is 5.97 Å². The number of amides is 2. The maximum atomic E-state index is 13.9. The number of rotatable bonds is 22. The molecular weight excluding hydrogens is 622 g/mol. The molecular formula is C35H59N3O8S. The molecule has 0 spiro atoms. The van der Waals surface area contributed by atoms with Crippen molar-refractivity contribution >= 4 is 30.4 Å². The van der Waals surface area contributed by atoms with Crippen LogP contribution < -0.4 is 15.4 Å². The Bertz CT molecular complexity index is 1130. The van der Waals surface area contributed by atoms with Crippen molar-refractivity contribution < 1.29 is 38.4 Å². The van der Waals surface area contributed by atoms with Gasteiger partial charge in [-0.3, -0.25) is 9.59 Å². The van der Waals surface area contributed by atoms with Crippen LogP contribution >= 0.6 is 12.6 Å². The molecule has 0 bridgehead atoms. The molecule has 0 saturated heterocycles. The minimum Gasteiger partial charge on any atom is -0.491 e. The van der Waals surface area contributed by atoms with E-state index in [0.29, 0.717) is 57.8 Å². The van der Waals surface area contributed by atoms with Crippen LogP contribution in [0.1, 0.15) is 61.0 Å². The van der Waals surface area contributed by atoms with Crippen LogP contribution in [-0.2, 0) is 34.0 Å². The van der Waals surface area contributed by atoms with E-state index >= 15 is 0 Å². The molecule has 1 rings (SSSR count). The summed E-state index contributed by atoms with van der Waals surface area (Å²) in [5.74, 6) is -0.316. The van der Waals surface area contributed by atoms with Crippen LogP contribution in [0, 0.1) is 11.3 Å². The van der Waals surface area contributed by atoms with Gasteiger partial charge in [-0.05, 0) is 43.0 Å². The molecule has 0 aromatic heterocycles. The molecule has 11 nitrogen and oxygen atoms in total. The Morgan fingerprint density at radius 3 is 1.85 bits per heavy atom. The van der Waals surface area contributed by atoms with Crippen LogP contribution in [0.4, 0.5) is 0 Å². The maximum Gasteiger partial charge on any atom is 0.331 e. The smallest absolute Gasteiger partial charge is 0.331 e. The summed E-state index contributed by atoms with van der Waals surface area (Å²) in [6, 6.07) is 5.61. The molecule has 268 valence electrons. The van der Waals surface area contributed by atoms with Crippen LogP contribution in [0.15, 0.2) is 35.9 Å². The van der Waals surface area contributed by atoms with Gasteiger partial charge in [-0.15, -0.1) is 0 Å². The van der Waals surface area contributed by atoms with Crippen LogP contribution in [0.25, 0.3) is 0 Å². The standard InChI is InChI=1S/C35H59N3O8S/c1-24(2)28(23-25(3)33(41)42)38(10)32(40)30(34(4,5)6)37-31(39)29(36-9)35(7,8)26-11-13-27(14-12-26)46-20-19-44-16-15-43-17-18-45-21-22-47/h11-14,23-24,28-30,36,47H,15-22H2,1-10H3,(H,37,39)(H,41,42)/b25-23+/t28-,29-,30-/m1/s1. The molecule has 0 aliphatic rings. The highest BCUT2D eigenvalue weighted by Gasteiger charge is 2.41. The van der Waals surface area contributed by atoms with E-state index in [1.54, 1.807) is 20.2 Å². The first-order valence-corrected chi connectivity index (χ1v) is 16.9. The monoisotopic (exact) mass is 681 g/mol. The van der Waals surface area contributed by atoms with Crippen molar-refractivity contribution in [2.75, 3.05) is 66.1 Å². The van der Waals surface area contributed by atoms with Gasteiger partial charge in [0.2, 0.25) is 11.8 Å². The fraction of sp³-hybridized carbons (Fsp3) is 0.686. The summed E-state index contributed by atoms with van der Waals surface area (Å²) in [4.78, 5) is 40.8. The van der Waals surface area contributed by atoms with Gasteiger partial charge in [0, 0.05) is 23.8 Å². The average molecular weight is 682 g/mol. The van der Waals surface area contributed by atoms with Gasteiger partial charge in [-0.25, -0.2) is 4.79 Å². The Kier molecular flexibility index (Phi) is 18.6. The van der Waals surface area contributed by atoms with Crippen molar-refractivity contribution in [3.63, 3.8) is 0 Å². The van der Waals surface area contributed by atoms with Gasteiger partial charge in [0.05, 0.1) is 51.7 Å². The molecule has 1 aromatic rings. The van der Waals surface area contributed by atoms with Crippen LogP contribution in [0.2, 0.25) is 0 Å². The highest BCUT2D eigenvalue weighted by molar-refractivity contribution is 7.80. The minimum atomic E-state index is -1.04. The Morgan fingerprint density at radius 1 is 0.894 bits per heavy atom. The minimum absolute atomic E-state index is 0.0449. The molecule has 0 unspecified atom stereocenters. The number of carbonyl (C=O) groups excluding carboxylic acids is 2. The molecule has 3 N–H and O–H groups in total. The topological polar surface area (TPSA) is 136 Å². The van der Waals surface area contributed by atoms with Crippen LogP contribution in [0.3, 0.4) is 0 Å². The second kappa shape index (κ2) is 20.7. The zero-order chi connectivity index (χ0) is 35.8. The number of carbonyl (C=O) groups is 3. The number of ether oxygens (including phenoxy) is 4. The first kappa shape index (κ1) is 42.4. The predicted octanol–water partition coefficient (Wildman–Crippen LogP) is 3.96. The van der Waals surface area contributed by atoms with Crippen molar-refractivity contribution in [1.29, 1.82) is 0 Å². The highest BCUT2D eigenvalue weighted by atomic mass is 32.1. The van der Waals surface area contributed by atoms with Crippen molar-refractivity contribution in [3.8, 4) is 5.75 Å². The van der Waals surface area contributed by atoms with E-state index in [0.717, 1.165) is 5.56 Å². The lowest BCUT2D eigenvalue weighted by Crippen LogP contribution is -2.61. The van der Waals surface area contributed by atoms with Crippen LogP contribution in [0.5, 0.6) is 5.75 Å². The Morgan fingerprint density at radius 2 is 1.40 bits per heavy atom. The summed E-state index contributed by atoms with van der Waals surface area (Å²) < 4.78 is 22.1. The van der Waals surface area contributed by atoms with E-state index in [1.807, 2.05) is 72.7 Å². The maximum absolute atomic E-state index is 13.9. The SMILES string of the molecule is CN[C@H](C(=O)N[C@H](C(=O)N(C)[C@H](/C=C(\C)C(=O)O)C(C)C)C(C)(C)C)C(C)(C)c1ccc(OCCOCCOCCOCCS)cc1. The summed E-state index contributed by atoms with van der Waals surface area (Å²) in [6.07, 6.45) is 1.59. The summed E-state index contributed by atoms with van der Waals surface area (Å²) in [5, 5.41) is 15.6. The summed E-state index contributed by atoms with van der Waals surface area (Å²) in [7, 11) is 3.37.